The second kappa shape index (κ2) is 5.71. The van der Waals surface area contributed by atoms with Crippen LogP contribution in [-0.4, -0.2) is 11.9 Å². The summed E-state index contributed by atoms with van der Waals surface area (Å²) in [5, 5.41) is 0. The van der Waals surface area contributed by atoms with Crippen molar-refractivity contribution in [2.24, 2.45) is 27.2 Å². The Kier molecular flexibility index (Phi) is 4.97. The van der Waals surface area contributed by atoms with Gasteiger partial charge in [-0.25, -0.2) is 4.99 Å². The van der Waals surface area contributed by atoms with E-state index < -0.39 is 0 Å². The first kappa shape index (κ1) is 13.1. The summed E-state index contributed by atoms with van der Waals surface area (Å²) in [7, 11) is 0. The minimum Gasteiger partial charge on any atom is -0.399 e. The minimum absolute atomic E-state index is 0. The predicted octanol–water partition coefficient (Wildman–Crippen LogP) is -0.0898. The molecule has 0 radical (unpaired) electrons. The molecule has 0 aliphatic heterocycles. The van der Waals surface area contributed by atoms with E-state index in [1.165, 1.54) is 0 Å². The first-order valence-electron chi connectivity index (χ1n) is 3.87. The fourth-order valence-corrected chi connectivity index (χ4v) is 0.838. The number of nitrogens with zero attached hydrogens (tertiary/aromatic N) is 2. The number of guanidine groups is 2. The predicted molar refractivity (Wildman–Crippen MR) is 65.2 cm³/mol. The van der Waals surface area contributed by atoms with Gasteiger partial charge in [0, 0.05) is 5.69 Å². The number of nitrogens with two attached hydrogens (primary N) is 4. The van der Waals surface area contributed by atoms with Crippen LogP contribution in [0.15, 0.2) is 34.3 Å². The van der Waals surface area contributed by atoms with Crippen molar-refractivity contribution in [3.63, 3.8) is 0 Å². The lowest BCUT2D eigenvalue weighted by Crippen LogP contribution is -2.26. The topological polar surface area (TPSA) is 129 Å². The first-order chi connectivity index (χ1) is 6.58. The molecule has 0 heterocycles. The number of rotatable bonds is 1. The Morgan fingerprint density at radius 2 is 1.53 bits per heavy atom. The molecule has 0 spiro atoms. The summed E-state index contributed by atoms with van der Waals surface area (Å²) in [4.78, 5) is 7.50. The Bertz CT molecular complexity index is 365. The molecule has 0 amide bonds. The Morgan fingerprint density at radius 3 is 2.00 bits per heavy atom. The number of halogens is 1. The van der Waals surface area contributed by atoms with Gasteiger partial charge in [-0.1, -0.05) is 0 Å². The van der Waals surface area contributed by atoms with Gasteiger partial charge in [-0.05, 0) is 24.3 Å². The van der Waals surface area contributed by atoms with E-state index >= 15 is 0 Å². The number of anilines is 1. The maximum atomic E-state index is 5.49. The van der Waals surface area contributed by atoms with E-state index in [4.69, 9.17) is 22.9 Å². The van der Waals surface area contributed by atoms with Gasteiger partial charge in [0.2, 0.25) is 5.96 Å². The fourth-order valence-electron chi connectivity index (χ4n) is 0.838. The maximum Gasteiger partial charge on any atom is 0.223 e. The van der Waals surface area contributed by atoms with E-state index in [-0.39, 0.29) is 24.3 Å². The SMILES string of the molecule is Cl.NC(N)=NC(N)=Nc1ccc(N)cc1. The van der Waals surface area contributed by atoms with E-state index in [9.17, 15) is 0 Å². The smallest absolute Gasteiger partial charge is 0.223 e. The fraction of sp³-hybridized carbons (Fsp3) is 0. The summed E-state index contributed by atoms with van der Waals surface area (Å²) in [5.74, 6) is -0.114. The highest BCUT2D eigenvalue weighted by Crippen LogP contribution is 2.13. The first-order valence-corrected chi connectivity index (χ1v) is 3.87. The molecule has 6 nitrogen and oxygen atoms in total. The zero-order valence-electron chi connectivity index (χ0n) is 7.92. The molecular weight excluding hydrogens is 216 g/mol. The number of hydrogen-bond acceptors (Lipinski definition) is 2. The molecule has 0 bridgehead atoms. The molecule has 0 fully saturated rings. The molecule has 82 valence electrons. The lowest BCUT2D eigenvalue weighted by atomic mass is 10.3. The second-order valence-electron chi connectivity index (χ2n) is 2.60. The van der Waals surface area contributed by atoms with E-state index in [1.807, 2.05) is 0 Å². The van der Waals surface area contributed by atoms with Crippen molar-refractivity contribution in [3.8, 4) is 0 Å². The van der Waals surface area contributed by atoms with Gasteiger partial charge in [0.15, 0.2) is 5.96 Å². The highest BCUT2D eigenvalue weighted by Gasteiger charge is 1.92. The van der Waals surface area contributed by atoms with Gasteiger partial charge in [-0.15, -0.1) is 12.4 Å². The number of aliphatic imine (C=N–C) groups is 2. The third kappa shape index (κ3) is 4.72. The van der Waals surface area contributed by atoms with Crippen molar-refractivity contribution < 1.29 is 0 Å². The van der Waals surface area contributed by atoms with E-state index in [1.54, 1.807) is 24.3 Å². The normalized spacial score (nSPS) is 10.3. The average molecular weight is 229 g/mol. The van der Waals surface area contributed by atoms with Crippen LogP contribution in [0, 0.1) is 0 Å². The van der Waals surface area contributed by atoms with Crippen LogP contribution in [0.25, 0.3) is 0 Å². The monoisotopic (exact) mass is 228 g/mol. The summed E-state index contributed by atoms with van der Waals surface area (Å²) in [6, 6.07) is 6.85. The highest BCUT2D eigenvalue weighted by atomic mass is 35.5. The van der Waals surface area contributed by atoms with Crippen molar-refractivity contribution >= 4 is 35.7 Å². The Balaban J connectivity index is 0.00000196. The number of benzene rings is 1. The molecule has 0 atom stereocenters. The maximum absolute atomic E-state index is 5.49. The summed E-state index contributed by atoms with van der Waals surface area (Å²) in [5.41, 5.74) is 22.4. The molecule has 0 aliphatic rings. The molecule has 0 saturated heterocycles. The van der Waals surface area contributed by atoms with Gasteiger partial charge in [0.25, 0.3) is 0 Å². The van der Waals surface area contributed by atoms with Gasteiger partial charge in [0.1, 0.15) is 0 Å². The quantitative estimate of drug-likeness (QED) is 0.304. The van der Waals surface area contributed by atoms with Crippen molar-refractivity contribution in [3.05, 3.63) is 24.3 Å². The van der Waals surface area contributed by atoms with Gasteiger partial charge >= 0.3 is 0 Å². The van der Waals surface area contributed by atoms with Gasteiger partial charge in [-0.3, -0.25) is 0 Å². The van der Waals surface area contributed by atoms with Crippen molar-refractivity contribution in [2.75, 3.05) is 5.73 Å². The second-order valence-corrected chi connectivity index (χ2v) is 2.60. The third-order valence-corrected chi connectivity index (χ3v) is 1.38. The minimum atomic E-state index is -0.123. The molecule has 0 saturated carbocycles. The Labute approximate surface area is 93.5 Å². The van der Waals surface area contributed by atoms with Crippen LogP contribution in [0.2, 0.25) is 0 Å². The number of hydrogen-bond donors (Lipinski definition) is 4. The largest absolute Gasteiger partial charge is 0.399 e. The lowest BCUT2D eigenvalue weighted by Gasteiger charge is -1.96. The lowest BCUT2D eigenvalue weighted by molar-refractivity contribution is 1.38. The molecular formula is C8H13ClN6. The van der Waals surface area contributed by atoms with Gasteiger partial charge < -0.3 is 22.9 Å². The van der Waals surface area contributed by atoms with Crippen LogP contribution in [0.4, 0.5) is 11.4 Å². The summed E-state index contributed by atoms with van der Waals surface area (Å²) >= 11 is 0. The Morgan fingerprint density at radius 1 is 1.00 bits per heavy atom. The highest BCUT2D eigenvalue weighted by molar-refractivity contribution is 5.93. The molecule has 0 aliphatic carbocycles. The van der Waals surface area contributed by atoms with E-state index in [0.717, 1.165) is 0 Å². The molecule has 1 rings (SSSR count). The molecule has 1 aromatic rings. The summed E-state index contributed by atoms with van der Waals surface area (Å²) in [6.45, 7) is 0. The molecule has 15 heavy (non-hydrogen) atoms. The molecule has 0 aromatic heterocycles. The summed E-state index contributed by atoms with van der Waals surface area (Å²) in [6.07, 6.45) is 0. The van der Waals surface area contributed by atoms with E-state index in [0.29, 0.717) is 11.4 Å². The average Bonchev–Trinajstić information content (AvgIpc) is 2.07. The van der Waals surface area contributed by atoms with E-state index in [2.05, 4.69) is 9.98 Å². The van der Waals surface area contributed by atoms with Gasteiger partial charge in [0.05, 0.1) is 5.69 Å². The molecule has 7 heteroatoms. The zero-order chi connectivity index (χ0) is 10.6. The van der Waals surface area contributed by atoms with Crippen molar-refractivity contribution in [1.29, 1.82) is 0 Å². The van der Waals surface area contributed by atoms with Crippen LogP contribution in [0.5, 0.6) is 0 Å². The van der Waals surface area contributed by atoms with Crippen LogP contribution in [0.1, 0.15) is 0 Å². The van der Waals surface area contributed by atoms with Crippen LogP contribution in [0.3, 0.4) is 0 Å². The van der Waals surface area contributed by atoms with Crippen LogP contribution in [-0.2, 0) is 0 Å². The van der Waals surface area contributed by atoms with Crippen LogP contribution < -0.4 is 22.9 Å². The van der Waals surface area contributed by atoms with Crippen LogP contribution >= 0.6 is 12.4 Å². The summed E-state index contributed by atoms with van der Waals surface area (Å²) < 4.78 is 0. The third-order valence-electron chi connectivity index (χ3n) is 1.38. The molecule has 0 unspecified atom stereocenters. The van der Waals surface area contributed by atoms with Gasteiger partial charge in [-0.2, -0.15) is 4.99 Å². The number of nitrogen functional groups attached to an aromatic ring is 1. The van der Waals surface area contributed by atoms with Crippen molar-refractivity contribution in [2.45, 2.75) is 0 Å². The molecule has 8 N–H and O–H groups in total. The zero-order valence-corrected chi connectivity index (χ0v) is 8.74. The van der Waals surface area contributed by atoms with Crippen molar-refractivity contribution in [1.82, 2.24) is 0 Å². The molecule has 1 aromatic carbocycles. The standard InChI is InChI=1S/C8H12N6.ClH/c9-5-1-3-6(4-2-5)13-8(12)14-7(10)11;/h1-4H,9H2,(H6,10,11,12,13,14);1H. The Hall–Kier alpha value is -1.95.